The van der Waals surface area contributed by atoms with E-state index in [1.165, 1.54) is 0 Å². The van der Waals surface area contributed by atoms with Gasteiger partial charge in [0.15, 0.2) is 5.65 Å². The second kappa shape index (κ2) is 3.84. The van der Waals surface area contributed by atoms with Crippen LogP contribution >= 0.6 is 0 Å². The Morgan fingerprint density at radius 1 is 1.27 bits per heavy atom. The van der Waals surface area contributed by atoms with E-state index in [1.807, 2.05) is 11.7 Å². The van der Waals surface area contributed by atoms with Gasteiger partial charge in [-0.2, -0.15) is 0 Å². The van der Waals surface area contributed by atoms with Crippen molar-refractivity contribution >= 4 is 11.2 Å². The third-order valence-electron chi connectivity index (χ3n) is 2.55. The van der Waals surface area contributed by atoms with Crippen molar-refractivity contribution in [3.63, 3.8) is 0 Å². The maximum absolute atomic E-state index is 4.35. The first-order valence-electron chi connectivity index (χ1n) is 5.16. The lowest BCUT2D eigenvalue weighted by atomic mass is 10.3. The molecule has 0 spiro atoms. The maximum atomic E-state index is 4.35. The van der Waals surface area contributed by atoms with Crippen LogP contribution in [0.25, 0.3) is 11.2 Å². The summed E-state index contributed by atoms with van der Waals surface area (Å²) in [6.45, 7) is 5.08. The summed E-state index contributed by atoms with van der Waals surface area (Å²) < 4.78 is 1.95. The van der Waals surface area contributed by atoms with E-state index in [1.54, 1.807) is 12.7 Å². The predicted octanol–water partition coefficient (Wildman–Crippen LogP) is 0.976. The Balaban J connectivity index is 2.60. The van der Waals surface area contributed by atoms with E-state index in [0.29, 0.717) is 0 Å². The van der Waals surface area contributed by atoms with Crippen LogP contribution in [0, 0.1) is 0 Å². The number of fused-ring (bicyclic) bond motifs is 1. The van der Waals surface area contributed by atoms with Gasteiger partial charge in [0.1, 0.15) is 18.2 Å². The summed E-state index contributed by atoms with van der Waals surface area (Å²) in [4.78, 5) is 12.8. The highest BCUT2D eigenvalue weighted by Gasteiger charge is 2.09. The quantitative estimate of drug-likeness (QED) is 0.749. The Bertz CT molecular complexity index is 462. The molecule has 0 aliphatic rings. The molecule has 0 fully saturated rings. The highest BCUT2D eigenvalue weighted by atomic mass is 15.5. The molecule has 0 saturated heterocycles. The zero-order valence-corrected chi connectivity index (χ0v) is 9.30. The molecule has 0 unspecified atom stereocenters. The zero-order valence-electron chi connectivity index (χ0n) is 9.30. The molecule has 2 aromatic rings. The lowest BCUT2D eigenvalue weighted by molar-refractivity contribution is 0.684. The van der Waals surface area contributed by atoms with Crippen molar-refractivity contribution in [1.29, 1.82) is 0 Å². The minimum Gasteiger partial charge on any atom is -0.313 e. The first-order chi connectivity index (χ1) is 7.27. The van der Waals surface area contributed by atoms with Gasteiger partial charge in [0.25, 0.3) is 0 Å². The van der Waals surface area contributed by atoms with Gasteiger partial charge < -0.3 is 5.01 Å². The first kappa shape index (κ1) is 9.89. The SMILES string of the molecule is CCc1ncnc2c1ncn2N(C)CC. The van der Waals surface area contributed by atoms with E-state index in [2.05, 4.69) is 33.8 Å². The number of aryl methyl sites for hydroxylation is 1. The van der Waals surface area contributed by atoms with Gasteiger partial charge >= 0.3 is 0 Å². The van der Waals surface area contributed by atoms with Gasteiger partial charge in [-0.25, -0.2) is 19.6 Å². The standard InChI is InChI=1S/C10H15N5/c1-4-8-9-10(12-6-11-8)15(7-13-9)14(3)5-2/h6-7H,4-5H2,1-3H3. The summed E-state index contributed by atoms with van der Waals surface area (Å²) in [5, 5.41) is 2.06. The number of hydrogen-bond donors (Lipinski definition) is 0. The van der Waals surface area contributed by atoms with E-state index in [0.717, 1.165) is 29.8 Å². The van der Waals surface area contributed by atoms with Crippen LogP contribution in [0.15, 0.2) is 12.7 Å². The van der Waals surface area contributed by atoms with E-state index in [9.17, 15) is 0 Å². The highest BCUT2D eigenvalue weighted by molar-refractivity contribution is 5.73. The molecule has 0 aliphatic heterocycles. The number of aromatic nitrogens is 4. The third kappa shape index (κ3) is 1.54. The van der Waals surface area contributed by atoms with Gasteiger partial charge in [0, 0.05) is 13.6 Å². The number of imidazole rings is 1. The van der Waals surface area contributed by atoms with Crippen molar-refractivity contribution in [3.05, 3.63) is 18.3 Å². The minimum absolute atomic E-state index is 0.881. The molecular formula is C10H15N5. The predicted molar refractivity (Wildman–Crippen MR) is 59.4 cm³/mol. The Morgan fingerprint density at radius 2 is 2.07 bits per heavy atom. The fourth-order valence-corrected chi connectivity index (χ4v) is 1.53. The molecule has 2 aromatic heterocycles. The van der Waals surface area contributed by atoms with Crippen molar-refractivity contribution in [2.75, 3.05) is 18.6 Å². The van der Waals surface area contributed by atoms with Crippen molar-refractivity contribution in [2.45, 2.75) is 20.3 Å². The van der Waals surface area contributed by atoms with Gasteiger partial charge in [0.05, 0.1) is 5.69 Å². The van der Waals surface area contributed by atoms with Gasteiger partial charge in [-0.05, 0) is 13.3 Å². The average Bonchev–Trinajstić information content (AvgIpc) is 2.71. The molecule has 2 rings (SSSR count). The van der Waals surface area contributed by atoms with Gasteiger partial charge in [0.2, 0.25) is 0 Å². The molecule has 0 radical (unpaired) electrons. The Kier molecular flexibility index (Phi) is 2.53. The molecule has 2 heterocycles. The van der Waals surface area contributed by atoms with E-state index >= 15 is 0 Å². The third-order valence-corrected chi connectivity index (χ3v) is 2.55. The largest absolute Gasteiger partial charge is 0.313 e. The lowest BCUT2D eigenvalue weighted by Gasteiger charge is -2.17. The molecule has 80 valence electrons. The Labute approximate surface area is 88.7 Å². The Morgan fingerprint density at radius 3 is 2.73 bits per heavy atom. The van der Waals surface area contributed by atoms with Crippen LogP contribution in [0.3, 0.4) is 0 Å². The fourth-order valence-electron chi connectivity index (χ4n) is 1.53. The topological polar surface area (TPSA) is 46.8 Å². The molecule has 0 bridgehead atoms. The average molecular weight is 205 g/mol. The molecule has 0 aromatic carbocycles. The lowest BCUT2D eigenvalue weighted by Crippen LogP contribution is -2.28. The summed E-state index contributed by atoms with van der Waals surface area (Å²) in [5.74, 6) is 0. The van der Waals surface area contributed by atoms with Crippen LogP contribution in [0.1, 0.15) is 19.5 Å². The monoisotopic (exact) mass is 205 g/mol. The fraction of sp³-hybridized carbons (Fsp3) is 0.500. The normalized spacial score (nSPS) is 10.9. The van der Waals surface area contributed by atoms with Crippen molar-refractivity contribution < 1.29 is 0 Å². The molecule has 0 saturated carbocycles. The van der Waals surface area contributed by atoms with Crippen molar-refractivity contribution in [1.82, 2.24) is 19.6 Å². The summed E-state index contributed by atoms with van der Waals surface area (Å²) in [6.07, 6.45) is 4.27. The highest BCUT2D eigenvalue weighted by Crippen LogP contribution is 2.12. The summed E-state index contributed by atoms with van der Waals surface area (Å²) in [7, 11) is 2.01. The van der Waals surface area contributed by atoms with Crippen LogP contribution in [-0.2, 0) is 6.42 Å². The van der Waals surface area contributed by atoms with E-state index < -0.39 is 0 Å². The van der Waals surface area contributed by atoms with E-state index in [4.69, 9.17) is 0 Å². The first-order valence-corrected chi connectivity index (χ1v) is 5.16. The minimum atomic E-state index is 0.881. The van der Waals surface area contributed by atoms with Crippen LogP contribution < -0.4 is 5.01 Å². The van der Waals surface area contributed by atoms with Crippen molar-refractivity contribution in [2.24, 2.45) is 0 Å². The molecule has 15 heavy (non-hydrogen) atoms. The van der Waals surface area contributed by atoms with Gasteiger partial charge in [-0.15, -0.1) is 0 Å². The zero-order chi connectivity index (χ0) is 10.8. The number of nitrogens with zero attached hydrogens (tertiary/aromatic N) is 5. The molecule has 0 amide bonds. The number of rotatable bonds is 3. The van der Waals surface area contributed by atoms with Crippen LogP contribution in [0.4, 0.5) is 0 Å². The maximum Gasteiger partial charge on any atom is 0.182 e. The molecular weight excluding hydrogens is 190 g/mol. The van der Waals surface area contributed by atoms with Crippen LogP contribution in [-0.4, -0.2) is 33.2 Å². The Hall–Kier alpha value is -1.65. The summed E-state index contributed by atoms with van der Waals surface area (Å²) in [6, 6.07) is 0. The van der Waals surface area contributed by atoms with Gasteiger partial charge in [-0.3, -0.25) is 0 Å². The van der Waals surface area contributed by atoms with E-state index in [-0.39, 0.29) is 0 Å². The molecule has 5 nitrogen and oxygen atoms in total. The molecule has 0 aliphatic carbocycles. The summed E-state index contributed by atoms with van der Waals surface area (Å²) in [5.41, 5.74) is 2.79. The molecule has 0 N–H and O–H groups in total. The van der Waals surface area contributed by atoms with Gasteiger partial charge in [-0.1, -0.05) is 6.92 Å². The van der Waals surface area contributed by atoms with Crippen molar-refractivity contribution in [3.8, 4) is 0 Å². The molecule has 0 atom stereocenters. The van der Waals surface area contributed by atoms with Crippen LogP contribution in [0.2, 0.25) is 0 Å². The second-order valence-electron chi connectivity index (χ2n) is 3.41. The summed E-state index contributed by atoms with van der Waals surface area (Å²) >= 11 is 0. The second-order valence-corrected chi connectivity index (χ2v) is 3.41. The smallest absolute Gasteiger partial charge is 0.182 e. The molecule has 5 heteroatoms. The van der Waals surface area contributed by atoms with Crippen LogP contribution in [0.5, 0.6) is 0 Å². The number of hydrogen-bond acceptors (Lipinski definition) is 4.